The first-order valence-electron chi connectivity index (χ1n) is 10.8. The van der Waals surface area contributed by atoms with E-state index < -0.39 is 6.03 Å². The minimum Gasteiger partial charge on any atom is -0.454 e. The lowest BCUT2D eigenvalue weighted by Crippen LogP contribution is -3.29. The summed E-state index contributed by atoms with van der Waals surface area (Å²) in [7, 11) is 0. The van der Waals surface area contributed by atoms with Crippen LogP contribution in [0.1, 0.15) is 18.1 Å². The van der Waals surface area contributed by atoms with Crippen LogP contribution in [0.3, 0.4) is 0 Å². The van der Waals surface area contributed by atoms with E-state index in [0.29, 0.717) is 6.54 Å². The lowest BCUT2D eigenvalue weighted by atomic mass is 10.1. The van der Waals surface area contributed by atoms with Crippen molar-refractivity contribution in [3.8, 4) is 11.5 Å². The molecule has 0 radical (unpaired) electrons. The van der Waals surface area contributed by atoms with Crippen LogP contribution in [0.25, 0.3) is 0 Å². The Labute approximate surface area is 182 Å². The van der Waals surface area contributed by atoms with Gasteiger partial charge in [0.1, 0.15) is 32.7 Å². The maximum Gasteiger partial charge on any atom is 0.321 e. The van der Waals surface area contributed by atoms with E-state index in [1.807, 2.05) is 43.3 Å². The van der Waals surface area contributed by atoms with Crippen LogP contribution in [0, 0.1) is 0 Å². The Morgan fingerprint density at radius 2 is 1.71 bits per heavy atom. The number of carbonyl (C=O) groups is 2. The summed E-state index contributed by atoms with van der Waals surface area (Å²) in [5, 5.41) is 5.22. The fourth-order valence-corrected chi connectivity index (χ4v) is 4.10. The first-order valence-corrected chi connectivity index (χ1v) is 10.8. The van der Waals surface area contributed by atoms with Crippen LogP contribution in [-0.4, -0.2) is 51.0 Å². The van der Waals surface area contributed by atoms with Gasteiger partial charge in [0, 0.05) is 12.1 Å². The molecule has 2 aliphatic heterocycles. The number of nitrogens with one attached hydrogen (secondary N) is 4. The Balaban J connectivity index is 1.20. The molecule has 0 saturated carbocycles. The molecule has 0 bridgehead atoms. The molecular formula is C23H30N4O4+2. The number of ether oxygens (including phenoxy) is 2. The van der Waals surface area contributed by atoms with Gasteiger partial charge in [0.2, 0.25) is 6.79 Å². The summed E-state index contributed by atoms with van der Waals surface area (Å²) in [6.45, 7) is 7.22. The molecule has 31 heavy (non-hydrogen) atoms. The van der Waals surface area contributed by atoms with Crippen molar-refractivity contribution in [2.24, 2.45) is 0 Å². The highest BCUT2D eigenvalue weighted by Crippen LogP contribution is 2.32. The largest absolute Gasteiger partial charge is 0.454 e. The normalized spacial score (nSPS) is 20.7. The molecule has 1 atom stereocenters. The molecule has 8 heteroatoms. The molecule has 1 saturated heterocycles. The highest BCUT2D eigenvalue weighted by atomic mass is 16.7. The van der Waals surface area contributed by atoms with E-state index in [1.54, 1.807) is 0 Å². The topological polar surface area (TPSA) is 85.5 Å². The molecule has 0 unspecified atom stereocenters. The van der Waals surface area contributed by atoms with Crippen LogP contribution >= 0.6 is 0 Å². The number of piperazine rings is 1. The number of carbonyl (C=O) groups excluding carboxylic acids is 2. The zero-order valence-corrected chi connectivity index (χ0v) is 17.8. The minimum atomic E-state index is -0.452. The number of amides is 3. The van der Waals surface area contributed by atoms with Crippen molar-refractivity contribution in [1.29, 1.82) is 0 Å². The van der Waals surface area contributed by atoms with Crippen molar-refractivity contribution in [1.82, 2.24) is 10.6 Å². The van der Waals surface area contributed by atoms with E-state index in [4.69, 9.17) is 9.47 Å². The van der Waals surface area contributed by atoms with E-state index in [0.717, 1.165) is 49.8 Å². The highest BCUT2D eigenvalue weighted by Gasteiger charge is 2.32. The van der Waals surface area contributed by atoms with Gasteiger partial charge < -0.3 is 24.6 Å². The second kappa shape index (κ2) is 9.80. The maximum atomic E-state index is 12.5. The minimum absolute atomic E-state index is 0.236. The first-order chi connectivity index (χ1) is 15.1. The Bertz CT molecular complexity index is 913. The van der Waals surface area contributed by atoms with Crippen LogP contribution in [-0.2, 0) is 17.9 Å². The zero-order chi connectivity index (χ0) is 21.6. The molecule has 2 aromatic rings. The summed E-state index contributed by atoms with van der Waals surface area (Å²) in [6.07, 6.45) is 0. The number of quaternary nitrogens is 2. The Morgan fingerprint density at radius 3 is 2.48 bits per heavy atom. The van der Waals surface area contributed by atoms with Crippen LogP contribution in [0.5, 0.6) is 11.5 Å². The lowest BCUT2D eigenvalue weighted by Gasteiger charge is -2.32. The molecule has 0 aromatic heterocycles. The monoisotopic (exact) mass is 426 g/mol. The molecule has 164 valence electrons. The van der Waals surface area contributed by atoms with Gasteiger partial charge in [-0.15, -0.1) is 0 Å². The number of fused-ring (bicyclic) bond motifs is 1. The average Bonchev–Trinajstić information content (AvgIpc) is 3.26. The zero-order valence-electron chi connectivity index (χ0n) is 17.8. The average molecular weight is 427 g/mol. The van der Waals surface area contributed by atoms with Crippen molar-refractivity contribution in [2.75, 3.05) is 33.0 Å². The van der Waals surface area contributed by atoms with Crippen molar-refractivity contribution < 1.29 is 28.9 Å². The van der Waals surface area contributed by atoms with Crippen LogP contribution in [0.15, 0.2) is 48.5 Å². The summed E-state index contributed by atoms with van der Waals surface area (Å²) < 4.78 is 10.8. The molecule has 2 aliphatic rings. The maximum absolute atomic E-state index is 12.5. The van der Waals surface area contributed by atoms with Gasteiger partial charge in [-0.3, -0.25) is 10.1 Å². The fraction of sp³-hybridized carbons (Fsp3) is 0.391. The summed E-state index contributed by atoms with van der Waals surface area (Å²) >= 11 is 0. The third kappa shape index (κ3) is 5.53. The number of hydrogen-bond acceptors (Lipinski definition) is 4. The first kappa shape index (κ1) is 21.1. The van der Waals surface area contributed by atoms with Gasteiger partial charge in [0.25, 0.3) is 5.91 Å². The van der Waals surface area contributed by atoms with Crippen molar-refractivity contribution >= 4 is 11.9 Å². The Kier molecular flexibility index (Phi) is 6.69. The van der Waals surface area contributed by atoms with Crippen molar-refractivity contribution in [2.45, 2.75) is 26.1 Å². The van der Waals surface area contributed by atoms with Gasteiger partial charge in [0.15, 0.2) is 17.5 Å². The van der Waals surface area contributed by atoms with Gasteiger partial charge >= 0.3 is 6.03 Å². The van der Waals surface area contributed by atoms with E-state index in [9.17, 15) is 9.59 Å². The van der Waals surface area contributed by atoms with E-state index in [1.165, 1.54) is 15.4 Å². The lowest BCUT2D eigenvalue weighted by molar-refractivity contribution is -1.02. The van der Waals surface area contributed by atoms with Gasteiger partial charge in [-0.05, 0) is 30.7 Å². The van der Waals surface area contributed by atoms with Gasteiger partial charge in [-0.25, -0.2) is 4.79 Å². The molecule has 8 nitrogen and oxygen atoms in total. The molecule has 2 aromatic carbocycles. The Hall–Kier alpha value is -3.10. The number of rotatable bonds is 6. The summed E-state index contributed by atoms with van der Waals surface area (Å²) in [4.78, 5) is 27.3. The summed E-state index contributed by atoms with van der Waals surface area (Å²) in [6, 6.07) is 15.0. The second-order valence-electron chi connectivity index (χ2n) is 8.15. The van der Waals surface area contributed by atoms with Gasteiger partial charge in [-0.2, -0.15) is 0 Å². The van der Waals surface area contributed by atoms with Crippen molar-refractivity contribution in [3.63, 3.8) is 0 Å². The molecule has 2 heterocycles. The highest BCUT2D eigenvalue weighted by molar-refractivity contribution is 5.96. The van der Waals surface area contributed by atoms with Gasteiger partial charge in [-0.1, -0.05) is 30.3 Å². The molecule has 0 spiro atoms. The molecule has 4 N–H and O–H groups in total. The van der Waals surface area contributed by atoms with E-state index >= 15 is 0 Å². The quantitative estimate of drug-likeness (QED) is 0.483. The molecular weight excluding hydrogens is 396 g/mol. The van der Waals surface area contributed by atoms with E-state index in [2.05, 4.69) is 22.8 Å². The molecule has 3 amide bonds. The molecule has 0 aliphatic carbocycles. The number of benzene rings is 2. The predicted molar refractivity (Wildman–Crippen MR) is 114 cm³/mol. The summed E-state index contributed by atoms with van der Waals surface area (Å²) in [5.41, 5.74) is 2.22. The second-order valence-corrected chi connectivity index (χ2v) is 8.15. The Morgan fingerprint density at radius 1 is 0.968 bits per heavy atom. The van der Waals surface area contributed by atoms with Crippen molar-refractivity contribution in [3.05, 3.63) is 59.7 Å². The van der Waals surface area contributed by atoms with Gasteiger partial charge in [0.05, 0.1) is 0 Å². The number of hydrogen-bond donors (Lipinski definition) is 4. The van der Waals surface area contributed by atoms with Crippen LogP contribution < -0.4 is 29.9 Å². The third-order valence-corrected chi connectivity index (χ3v) is 6.03. The number of imide groups is 1. The fourth-order valence-electron chi connectivity index (χ4n) is 4.10. The SMILES string of the molecule is C[C@@H](C(=O)NC(=O)NCc1ccccc1)[NH+]1CC[NH+](Cc2ccc3c(c2)OCO3)CC1. The predicted octanol–water partition coefficient (Wildman–Crippen LogP) is -0.887. The van der Waals surface area contributed by atoms with Crippen LogP contribution in [0.4, 0.5) is 4.79 Å². The van der Waals surface area contributed by atoms with Crippen LogP contribution in [0.2, 0.25) is 0 Å². The standard InChI is InChI=1S/C23H28N4O4/c1-17(22(28)25-23(29)24-14-18-5-3-2-4-6-18)27-11-9-26(10-12-27)15-19-7-8-20-21(13-19)31-16-30-20/h2-8,13,17H,9-12,14-16H2,1H3,(H2,24,25,28,29)/p+2/t17-/m0/s1. The molecule has 1 fully saturated rings. The molecule has 4 rings (SSSR count). The number of urea groups is 1. The van der Waals surface area contributed by atoms with E-state index in [-0.39, 0.29) is 18.7 Å². The third-order valence-electron chi connectivity index (χ3n) is 6.03. The summed E-state index contributed by atoms with van der Waals surface area (Å²) in [5.74, 6) is 1.39. The smallest absolute Gasteiger partial charge is 0.321 e.